The van der Waals surface area contributed by atoms with Crippen molar-refractivity contribution in [3.63, 3.8) is 0 Å². The molecule has 0 fully saturated rings. The number of nitrogens with two attached hydrogens (primary N) is 1. The summed E-state index contributed by atoms with van der Waals surface area (Å²) in [6, 6.07) is 13.8. The highest BCUT2D eigenvalue weighted by Crippen LogP contribution is 2.28. The predicted octanol–water partition coefficient (Wildman–Crippen LogP) is 3.04. The average Bonchev–Trinajstić information content (AvgIpc) is 2.79. The van der Waals surface area contributed by atoms with E-state index in [-0.39, 0.29) is 12.2 Å². The highest BCUT2D eigenvalue weighted by atomic mass is 16.5. The van der Waals surface area contributed by atoms with Crippen LogP contribution in [0.3, 0.4) is 0 Å². The van der Waals surface area contributed by atoms with Gasteiger partial charge in [-0.15, -0.1) is 0 Å². The normalized spacial score (nSPS) is 11.5. The molecule has 3 aromatic rings. The number of hydrogen-bond donors (Lipinski definition) is 1. The molecule has 0 aliphatic carbocycles. The molecule has 0 radical (unpaired) electrons. The molecule has 3 rings (SSSR count). The number of nitrogens with zero attached hydrogens (tertiary/aromatic N) is 4. The second-order valence-electron chi connectivity index (χ2n) is 8.10. The van der Waals surface area contributed by atoms with E-state index in [1.54, 1.807) is 63.5 Å². The predicted molar refractivity (Wildman–Crippen MR) is 127 cm³/mol. The van der Waals surface area contributed by atoms with Crippen molar-refractivity contribution in [3.05, 3.63) is 82.7 Å². The third-order valence-electron chi connectivity index (χ3n) is 5.29. The molecule has 8 heteroatoms. The smallest absolute Gasteiger partial charge is 0.274 e. The van der Waals surface area contributed by atoms with E-state index in [4.69, 9.17) is 10.5 Å². The first-order chi connectivity index (χ1) is 15.7. The van der Waals surface area contributed by atoms with Crippen molar-refractivity contribution in [3.8, 4) is 5.75 Å². The molecule has 0 bridgehead atoms. The zero-order chi connectivity index (χ0) is 24.1. The van der Waals surface area contributed by atoms with Crippen LogP contribution >= 0.6 is 0 Å². The number of anilines is 1. The Balaban J connectivity index is 2.13. The first-order valence-corrected chi connectivity index (χ1v) is 10.5. The van der Waals surface area contributed by atoms with Crippen molar-refractivity contribution in [1.29, 1.82) is 0 Å². The molecule has 2 amide bonds. The summed E-state index contributed by atoms with van der Waals surface area (Å²) in [5, 5.41) is 0. The fourth-order valence-corrected chi connectivity index (χ4v) is 3.48. The largest absolute Gasteiger partial charge is 0.497 e. The summed E-state index contributed by atoms with van der Waals surface area (Å²) in [6.45, 7) is 3.93. The van der Waals surface area contributed by atoms with Crippen molar-refractivity contribution in [2.45, 2.75) is 26.4 Å². The third kappa shape index (κ3) is 5.46. The quantitative estimate of drug-likeness (QED) is 0.570. The van der Waals surface area contributed by atoms with Gasteiger partial charge in [-0.2, -0.15) is 0 Å². The van der Waals surface area contributed by atoms with Gasteiger partial charge < -0.3 is 20.3 Å². The second kappa shape index (κ2) is 10.1. The van der Waals surface area contributed by atoms with E-state index in [1.165, 1.54) is 4.90 Å². The maximum Gasteiger partial charge on any atom is 0.274 e. The molecule has 0 saturated carbocycles. The van der Waals surface area contributed by atoms with Crippen molar-refractivity contribution < 1.29 is 14.3 Å². The van der Waals surface area contributed by atoms with Crippen LogP contribution in [0, 0.1) is 13.8 Å². The van der Waals surface area contributed by atoms with E-state index < -0.39 is 17.9 Å². The summed E-state index contributed by atoms with van der Waals surface area (Å²) in [4.78, 5) is 38.5. The zero-order valence-corrected chi connectivity index (χ0v) is 19.6. The van der Waals surface area contributed by atoms with Gasteiger partial charge in [0.15, 0.2) is 0 Å². The number of rotatable bonds is 8. The number of primary amides is 1. The minimum absolute atomic E-state index is 0.171. The lowest BCUT2D eigenvalue weighted by Gasteiger charge is -2.31. The Bertz CT molecular complexity index is 1150. The number of aryl methyl sites for hydroxylation is 2. The van der Waals surface area contributed by atoms with E-state index >= 15 is 0 Å². The molecule has 33 heavy (non-hydrogen) atoms. The fourth-order valence-electron chi connectivity index (χ4n) is 3.48. The zero-order valence-electron chi connectivity index (χ0n) is 19.6. The number of methoxy groups -OCH3 is 1. The van der Waals surface area contributed by atoms with Crippen LogP contribution in [-0.4, -0.2) is 47.9 Å². The highest BCUT2D eigenvalue weighted by Gasteiger charge is 2.32. The first-order valence-electron chi connectivity index (χ1n) is 10.5. The van der Waals surface area contributed by atoms with Crippen LogP contribution in [-0.2, 0) is 11.3 Å². The van der Waals surface area contributed by atoms with Crippen LogP contribution in [0.5, 0.6) is 5.75 Å². The van der Waals surface area contributed by atoms with Gasteiger partial charge in [-0.1, -0.05) is 42.0 Å². The molecule has 0 saturated heterocycles. The standard InChI is InChI=1S/C25H29N5O3/c1-16-9-11-18(12-10-16)15-30(22(23(26)31)19-7-6-8-20(13-19)33-5)24(32)21-17(2)14-27-25(28-21)29(3)4/h6-14,22H,15H2,1-5H3,(H2,26,31). The van der Waals surface area contributed by atoms with Crippen molar-refractivity contribution in [2.24, 2.45) is 5.73 Å². The van der Waals surface area contributed by atoms with Gasteiger partial charge in [0, 0.05) is 26.8 Å². The van der Waals surface area contributed by atoms with E-state index in [0.717, 1.165) is 11.1 Å². The molecule has 172 valence electrons. The minimum Gasteiger partial charge on any atom is -0.497 e. The van der Waals surface area contributed by atoms with Crippen LogP contribution in [0.2, 0.25) is 0 Å². The number of carbonyl (C=O) groups is 2. The van der Waals surface area contributed by atoms with Gasteiger partial charge in [-0.3, -0.25) is 9.59 Å². The number of amides is 2. The number of carbonyl (C=O) groups excluding carboxylic acids is 2. The number of benzene rings is 2. The molecule has 1 atom stereocenters. The van der Waals surface area contributed by atoms with Gasteiger partial charge in [0.05, 0.1) is 7.11 Å². The van der Waals surface area contributed by atoms with Crippen LogP contribution in [0.1, 0.15) is 38.8 Å². The summed E-state index contributed by atoms with van der Waals surface area (Å²) in [5.41, 5.74) is 9.20. The van der Waals surface area contributed by atoms with E-state index in [9.17, 15) is 9.59 Å². The Kier molecular flexibility index (Phi) is 7.27. The molecular formula is C25H29N5O3. The Hall–Kier alpha value is -3.94. The molecule has 0 aliphatic rings. The van der Waals surface area contributed by atoms with E-state index in [0.29, 0.717) is 22.8 Å². The summed E-state index contributed by atoms with van der Waals surface area (Å²) < 4.78 is 5.32. The van der Waals surface area contributed by atoms with Gasteiger partial charge in [0.25, 0.3) is 5.91 Å². The molecule has 1 unspecified atom stereocenters. The van der Waals surface area contributed by atoms with Gasteiger partial charge in [0.1, 0.15) is 17.5 Å². The lowest BCUT2D eigenvalue weighted by molar-refractivity contribution is -0.122. The van der Waals surface area contributed by atoms with Gasteiger partial charge in [-0.25, -0.2) is 9.97 Å². The molecule has 1 heterocycles. The summed E-state index contributed by atoms with van der Waals surface area (Å²) in [5.74, 6) is -0.0979. The summed E-state index contributed by atoms with van der Waals surface area (Å²) >= 11 is 0. The van der Waals surface area contributed by atoms with Crippen molar-refractivity contribution in [2.75, 3.05) is 26.1 Å². The molecular weight excluding hydrogens is 418 g/mol. The molecule has 8 nitrogen and oxygen atoms in total. The maximum atomic E-state index is 13.9. The van der Waals surface area contributed by atoms with Crippen molar-refractivity contribution >= 4 is 17.8 Å². The molecule has 2 N–H and O–H groups in total. The highest BCUT2D eigenvalue weighted by molar-refractivity contribution is 5.97. The Morgan fingerprint density at radius 2 is 1.79 bits per heavy atom. The number of aromatic nitrogens is 2. The maximum absolute atomic E-state index is 13.9. The van der Waals surface area contributed by atoms with Crippen LogP contribution in [0.4, 0.5) is 5.95 Å². The molecule has 0 aliphatic heterocycles. The molecule has 0 spiro atoms. The summed E-state index contributed by atoms with van der Waals surface area (Å²) in [7, 11) is 5.14. The third-order valence-corrected chi connectivity index (χ3v) is 5.29. The van der Waals surface area contributed by atoms with Crippen molar-refractivity contribution in [1.82, 2.24) is 14.9 Å². The second-order valence-corrected chi connectivity index (χ2v) is 8.10. The van der Waals surface area contributed by atoms with Gasteiger partial charge in [0.2, 0.25) is 11.9 Å². The van der Waals surface area contributed by atoms with E-state index in [2.05, 4.69) is 9.97 Å². The Morgan fingerprint density at radius 3 is 2.39 bits per heavy atom. The fraction of sp³-hybridized carbons (Fsp3) is 0.280. The van der Waals surface area contributed by atoms with Crippen LogP contribution in [0.15, 0.2) is 54.7 Å². The Labute approximate surface area is 194 Å². The van der Waals surface area contributed by atoms with Gasteiger partial charge in [-0.05, 0) is 42.7 Å². The SMILES string of the molecule is COc1cccc(C(C(N)=O)N(Cc2ccc(C)cc2)C(=O)c2nc(N(C)C)ncc2C)c1. The van der Waals surface area contributed by atoms with Gasteiger partial charge >= 0.3 is 0 Å². The summed E-state index contributed by atoms with van der Waals surface area (Å²) in [6.07, 6.45) is 1.60. The first kappa shape index (κ1) is 23.7. The number of hydrogen-bond acceptors (Lipinski definition) is 6. The lowest BCUT2D eigenvalue weighted by Crippen LogP contribution is -2.42. The molecule has 1 aromatic heterocycles. The van der Waals surface area contributed by atoms with E-state index in [1.807, 2.05) is 31.2 Å². The van der Waals surface area contributed by atoms with Crippen LogP contribution < -0.4 is 15.4 Å². The minimum atomic E-state index is -1.02. The average molecular weight is 448 g/mol. The molecule has 2 aromatic carbocycles. The topological polar surface area (TPSA) is 102 Å². The number of ether oxygens (including phenoxy) is 1. The Morgan fingerprint density at radius 1 is 1.09 bits per heavy atom. The lowest BCUT2D eigenvalue weighted by atomic mass is 10.0. The monoisotopic (exact) mass is 447 g/mol. The van der Waals surface area contributed by atoms with Crippen LogP contribution in [0.25, 0.3) is 0 Å².